The number of rotatable bonds is 5. The molecule has 1 aliphatic rings. The Balaban J connectivity index is 2.30. The number of ketones is 3. The first-order chi connectivity index (χ1) is 13.4. The summed E-state index contributed by atoms with van der Waals surface area (Å²) in [5.74, 6) is -3.17. The fourth-order valence-corrected chi connectivity index (χ4v) is 3.67. The van der Waals surface area contributed by atoms with Crippen molar-refractivity contribution in [1.29, 1.82) is 0 Å². The number of fused-ring (bicyclic) bond motifs is 1. The molecule has 0 bridgehead atoms. The predicted molar refractivity (Wildman–Crippen MR) is 92.2 cm³/mol. The average molecular weight is 431 g/mol. The van der Waals surface area contributed by atoms with Gasteiger partial charge in [0.1, 0.15) is 17.7 Å². The van der Waals surface area contributed by atoms with Gasteiger partial charge in [0, 0.05) is 0 Å². The lowest BCUT2D eigenvalue weighted by Gasteiger charge is -2.37. The topological polar surface area (TPSA) is 165 Å². The lowest BCUT2D eigenvalue weighted by atomic mass is 9.73. The number of aliphatic hydroxyl groups excluding tert-OH is 1. The molecule has 1 aliphatic heterocycles. The Bertz CT molecular complexity index is 1050. The van der Waals surface area contributed by atoms with E-state index < -0.39 is 53.1 Å². The fourth-order valence-electron chi connectivity index (χ4n) is 3.46. The molecule has 156 valence electrons. The van der Waals surface area contributed by atoms with Crippen molar-refractivity contribution >= 4 is 40.1 Å². The normalized spacial score (nSPS) is 30.5. The van der Waals surface area contributed by atoms with E-state index in [0.29, 0.717) is 0 Å². The van der Waals surface area contributed by atoms with Crippen molar-refractivity contribution in [2.45, 2.75) is 50.4 Å². The molecule has 0 aliphatic carbocycles. The van der Waals surface area contributed by atoms with Crippen LogP contribution < -0.4 is 0 Å². The third-order valence-corrected chi connectivity index (χ3v) is 5.27. The van der Waals surface area contributed by atoms with Crippen LogP contribution in [0.5, 0.6) is 0 Å². The van der Waals surface area contributed by atoms with Crippen LogP contribution >= 0.6 is 11.6 Å². The summed E-state index contributed by atoms with van der Waals surface area (Å²) in [5, 5.41) is 32.1. The van der Waals surface area contributed by atoms with Crippen LogP contribution in [0.4, 0.5) is 4.39 Å². The largest absolute Gasteiger partial charge is 0.382 e. The number of imidazole rings is 1. The number of ether oxygens (including phenoxy) is 1. The van der Waals surface area contributed by atoms with Gasteiger partial charge in [-0.3, -0.25) is 19.0 Å². The maximum absolute atomic E-state index is 13.7. The van der Waals surface area contributed by atoms with E-state index in [0.717, 1.165) is 31.7 Å². The number of aliphatic hydroxyl groups is 3. The van der Waals surface area contributed by atoms with Gasteiger partial charge in [0.2, 0.25) is 5.60 Å². The highest BCUT2D eigenvalue weighted by Gasteiger charge is 2.73. The van der Waals surface area contributed by atoms with E-state index in [9.17, 15) is 34.1 Å². The van der Waals surface area contributed by atoms with E-state index in [-0.39, 0.29) is 16.3 Å². The number of aromatic nitrogens is 4. The van der Waals surface area contributed by atoms with Crippen molar-refractivity contribution in [3.05, 3.63) is 17.6 Å². The van der Waals surface area contributed by atoms with Gasteiger partial charge < -0.3 is 20.1 Å². The molecule has 13 heteroatoms. The van der Waals surface area contributed by atoms with Gasteiger partial charge in [0.25, 0.3) is 0 Å². The zero-order valence-corrected chi connectivity index (χ0v) is 16.1. The van der Waals surface area contributed by atoms with Gasteiger partial charge in [-0.05, 0) is 20.8 Å². The monoisotopic (exact) mass is 430 g/mol. The van der Waals surface area contributed by atoms with E-state index in [1.165, 1.54) is 0 Å². The zero-order chi connectivity index (χ0) is 21.9. The number of halogens is 2. The number of hydrogen-bond donors (Lipinski definition) is 3. The maximum atomic E-state index is 13.7. The molecule has 3 rings (SSSR count). The molecule has 1 saturated heterocycles. The minimum Gasteiger partial charge on any atom is -0.382 e. The minimum absolute atomic E-state index is 0.121. The van der Waals surface area contributed by atoms with E-state index >= 15 is 0 Å². The first-order valence-electron chi connectivity index (χ1n) is 8.23. The Kier molecular flexibility index (Phi) is 5.04. The number of carbonyl (C=O) groups is 3. The molecule has 0 aromatic carbocycles. The molecule has 2 aromatic heterocycles. The summed E-state index contributed by atoms with van der Waals surface area (Å²) >= 11 is 5.82. The van der Waals surface area contributed by atoms with E-state index in [1.54, 1.807) is 0 Å². The molecule has 3 N–H and O–H groups in total. The van der Waals surface area contributed by atoms with Crippen LogP contribution in [0.2, 0.25) is 5.15 Å². The molecule has 0 saturated carbocycles. The lowest BCUT2D eigenvalue weighted by Crippen LogP contribution is -2.67. The smallest absolute Gasteiger partial charge is 0.312 e. The number of nitrogens with zero attached hydrogens (tertiary/aromatic N) is 4. The Morgan fingerprint density at radius 1 is 1.21 bits per heavy atom. The molecular formula is C16H16ClFN4O7. The minimum atomic E-state index is -3.01. The average Bonchev–Trinajstić information content (AvgIpc) is 3.13. The SMILES string of the molecule is CC(=O)C(O)[C@H]1O[C@@H](n2cnc3c(Cl)nc(F)nc32)[C@@](O)(C(C)=O)[C@@]1(O)C(C)=O. The molecule has 3 heterocycles. The summed E-state index contributed by atoms with van der Waals surface area (Å²) in [6, 6.07) is 0. The van der Waals surface area contributed by atoms with Crippen LogP contribution in [-0.4, -0.2) is 75.6 Å². The van der Waals surface area contributed by atoms with E-state index in [2.05, 4.69) is 15.0 Å². The number of carbonyl (C=O) groups excluding carboxylic acids is 3. The van der Waals surface area contributed by atoms with Crippen LogP contribution in [0.3, 0.4) is 0 Å². The van der Waals surface area contributed by atoms with Gasteiger partial charge in [-0.1, -0.05) is 11.6 Å². The second-order valence-corrected chi connectivity index (χ2v) is 7.08. The Morgan fingerprint density at radius 2 is 1.79 bits per heavy atom. The third-order valence-electron chi connectivity index (χ3n) is 5.01. The van der Waals surface area contributed by atoms with Crippen molar-refractivity contribution in [2.75, 3.05) is 0 Å². The lowest BCUT2D eigenvalue weighted by molar-refractivity contribution is -0.184. The van der Waals surface area contributed by atoms with Gasteiger partial charge in [0.15, 0.2) is 40.0 Å². The summed E-state index contributed by atoms with van der Waals surface area (Å²) in [5.41, 5.74) is -6.44. The van der Waals surface area contributed by atoms with Crippen molar-refractivity contribution in [3.8, 4) is 0 Å². The summed E-state index contributed by atoms with van der Waals surface area (Å²) in [6.07, 6.45) is -6.29. The molecule has 11 nitrogen and oxygen atoms in total. The summed E-state index contributed by atoms with van der Waals surface area (Å²) in [6.45, 7) is 2.68. The predicted octanol–water partition coefficient (Wildman–Crippen LogP) is -0.894. The Morgan fingerprint density at radius 3 is 2.31 bits per heavy atom. The molecule has 0 amide bonds. The van der Waals surface area contributed by atoms with Crippen LogP contribution in [0, 0.1) is 6.08 Å². The molecule has 29 heavy (non-hydrogen) atoms. The van der Waals surface area contributed by atoms with Gasteiger partial charge >= 0.3 is 6.08 Å². The number of hydrogen-bond acceptors (Lipinski definition) is 10. The highest BCUT2D eigenvalue weighted by Crippen LogP contribution is 2.48. The third kappa shape index (κ3) is 2.79. The highest BCUT2D eigenvalue weighted by atomic mass is 35.5. The zero-order valence-electron chi connectivity index (χ0n) is 15.3. The summed E-state index contributed by atoms with van der Waals surface area (Å²) in [4.78, 5) is 47.1. The Hall–Kier alpha value is -2.38. The standard InChI is InChI=1S/C16H16ClFN4O7/c1-5(23)9(26)10-15(27,6(2)24)16(28,7(3)25)13(29-10)22-4-19-8-11(17)20-14(18)21-12(8)22/h4,9-10,13,26-28H,1-3H3/t9?,10-,13-,15-,16+/m1/s1. The van der Waals surface area contributed by atoms with Crippen molar-refractivity contribution < 1.29 is 38.8 Å². The molecule has 2 aromatic rings. The second kappa shape index (κ2) is 6.85. The Labute approximate surface area is 167 Å². The fraction of sp³-hybridized carbons (Fsp3) is 0.500. The van der Waals surface area contributed by atoms with Gasteiger partial charge in [0.05, 0.1) is 6.33 Å². The molecule has 5 atom stereocenters. The first-order valence-corrected chi connectivity index (χ1v) is 8.61. The van der Waals surface area contributed by atoms with Crippen LogP contribution in [0.25, 0.3) is 11.2 Å². The number of Topliss-reactive ketones (excluding diaryl/α,β-unsaturated/α-hetero) is 3. The molecule has 0 spiro atoms. The van der Waals surface area contributed by atoms with Crippen LogP contribution in [-0.2, 0) is 19.1 Å². The first kappa shape index (κ1) is 21.3. The van der Waals surface area contributed by atoms with Gasteiger partial charge in [-0.15, -0.1) is 0 Å². The highest BCUT2D eigenvalue weighted by molar-refractivity contribution is 6.33. The van der Waals surface area contributed by atoms with Crippen LogP contribution in [0.1, 0.15) is 27.0 Å². The van der Waals surface area contributed by atoms with Gasteiger partial charge in [-0.2, -0.15) is 14.4 Å². The van der Waals surface area contributed by atoms with Crippen molar-refractivity contribution in [1.82, 2.24) is 19.5 Å². The molecular weight excluding hydrogens is 415 g/mol. The quantitative estimate of drug-likeness (QED) is 0.400. The van der Waals surface area contributed by atoms with Crippen LogP contribution in [0.15, 0.2) is 6.33 Å². The van der Waals surface area contributed by atoms with Crippen molar-refractivity contribution in [3.63, 3.8) is 0 Å². The van der Waals surface area contributed by atoms with E-state index in [4.69, 9.17) is 16.3 Å². The summed E-state index contributed by atoms with van der Waals surface area (Å²) < 4.78 is 20.0. The van der Waals surface area contributed by atoms with E-state index in [1.807, 2.05) is 0 Å². The molecule has 1 unspecified atom stereocenters. The molecule has 1 fully saturated rings. The summed E-state index contributed by atoms with van der Waals surface area (Å²) in [7, 11) is 0. The van der Waals surface area contributed by atoms with Crippen molar-refractivity contribution in [2.24, 2.45) is 0 Å². The second-order valence-electron chi connectivity index (χ2n) is 6.72. The molecule has 0 radical (unpaired) electrons. The maximum Gasteiger partial charge on any atom is 0.312 e. The van der Waals surface area contributed by atoms with Gasteiger partial charge in [-0.25, -0.2) is 4.98 Å².